The van der Waals surface area contributed by atoms with Gasteiger partial charge in [0, 0.05) is 31.7 Å². The highest BCUT2D eigenvalue weighted by molar-refractivity contribution is 6.31. The van der Waals surface area contributed by atoms with E-state index in [-0.39, 0.29) is 11.4 Å². The summed E-state index contributed by atoms with van der Waals surface area (Å²) in [5.41, 5.74) is 1.03. The summed E-state index contributed by atoms with van der Waals surface area (Å²) in [7, 11) is 1.92. The van der Waals surface area contributed by atoms with Gasteiger partial charge < -0.3 is 9.80 Å². The van der Waals surface area contributed by atoms with Crippen LogP contribution in [0.5, 0.6) is 0 Å². The van der Waals surface area contributed by atoms with Crippen molar-refractivity contribution in [1.29, 1.82) is 0 Å². The Bertz CT molecular complexity index is 819. The third-order valence-corrected chi connectivity index (χ3v) is 4.24. The molecule has 126 valence electrons. The summed E-state index contributed by atoms with van der Waals surface area (Å²) in [4.78, 5) is 27.1. The summed E-state index contributed by atoms with van der Waals surface area (Å²) in [6.45, 7) is 3.26. The SMILES string of the molecule is CCn1cc([N+](=O)[O-])c(C(=O)N2CCN(C)c3ccc(Cl)cc32)n1. The molecule has 0 aliphatic carbocycles. The summed E-state index contributed by atoms with van der Waals surface area (Å²) in [5, 5.41) is 15.8. The van der Waals surface area contributed by atoms with Crippen LogP contribution in [0.25, 0.3) is 0 Å². The molecule has 8 nitrogen and oxygen atoms in total. The Morgan fingerprint density at radius 3 is 2.79 bits per heavy atom. The number of hydrogen-bond donors (Lipinski definition) is 0. The van der Waals surface area contributed by atoms with E-state index in [0.29, 0.717) is 30.3 Å². The lowest BCUT2D eigenvalue weighted by atomic mass is 10.1. The van der Waals surface area contributed by atoms with Crippen LogP contribution in [0.4, 0.5) is 17.1 Å². The van der Waals surface area contributed by atoms with E-state index >= 15 is 0 Å². The minimum absolute atomic E-state index is 0.155. The smallest absolute Gasteiger partial charge is 0.320 e. The quantitative estimate of drug-likeness (QED) is 0.628. The number of amides is 1. The Morgan fingerprint density at radius 2 is 2.12 bits per heavy atom. The molecule has 2 heterocycles. The van der Waals surface area contributed by atoms with Crippen LogP contribution in [0, 0.1) is 10.1 Å². The first kappa shape index (κ1) is 16.3. The lowest BCUT2D eigenvalue weighted by Crippen LogP contribution is -2.43. The molecule has 1 aliphatic heterocycles. The molecule has 1 amide bonds. The van der Waals surface area contributed by atoms with Gasteiger partial charge >= 0.3 is 5.69 Å². The number of rotatable bonds is 3. The van der Waals surface area contributed by atoms with E-state index in [1.54, 1.807) is 19.1 Å². The number of benzene rings is 1. The van der Waals surface area contributed by atoms with E-state index in [2.05, 4.69) is 5.10 Å². The van der Waals surface area contributed by atoms with Crippen LogP contribution >= 0.6 is 11.6 Å². The fourth-order valence-electron chi connectivity index (χ4n) is 2.72. The molecule has 24 heavy (non-hydrogen) atoms. The number of carbonyl (C=O) groups excluding carboxylic acids is 1. The molecule has 0 fully saturated rings. The predicted octanol–water partition coefficient (Wildman–Crippen LogP) is 2.56. The monoisotopic (exact) mass is 349 g/mol. The topological polar surface area (TPSA) is 84.5 Å². The number of aryl methyl sites for hydroxylation is 1. The van der Waals surface area contributed by atoms with Gasteiger partial charge in [-0.05, 0) is 25.1 Å². The van der Waals surface area contributed by atoms with E-state index in [1.807, 2.05) is 18.0 Å². The summed E-state index contributed by atoms with van der Waals surface area (Å²) < 4.78 is 1.39. The van der Waals surface area contributed by atoms with Crippen molar-refractivity contribution in [3.05, 3.63) is 45.2 Å². The van der Waals surface area contributed by atoms with Crippen molar-refractivity contribution in [2.24, 2.45) is 0 Å². The standard InChI is InChI=1S/C15H16ClN5O3/c1-3-19-9-13(21(23)24)14(17-19)15(22)20-7-6-18(2)11-5-4-10(16)8-12(11)20/h4-5,8-9H,3,6-7H2,1-2H3. The van der Waals surface area contributed by atoms with Crippen molar-refractivity contribution in [3.8, 4) is 0 Å². The number of hydrogen-bond acceptors (Lipinski definition) is 5. The zero-order valence-electron chi connectivity index (χ0n) is 13.3. The van der Waals surface area contributed by atoms with E-state index in [0.717, 1.165) is 5.69 Å². The van der Waals surface area contributed by atoms with Crippen molar-refractivity contribution in [3.63, 3.8) is 0 Å². The molecular weight excluding hydrogens is 334 g/mol. The van der Waals surface area contributed by atoms with E-state index in [9.17, 15) is 14.9 Å². The Labute approximate surface area is 143 Å². The first-order chi connectivity index (χ1) is 11.4. The van der Waals surface area contributed by atoms with Gasteiger partial charge in [0.05, 0.1) is 16.3 Å². The molecule has 0 bridgehead atoms. The van der Waals surface area contributed by atoms with E-state index in [1.165, 1.54) is 15.8 Å². The van der Waals surface area contributed by atoms with Gasteiger partial charge in [-0.1, -0.05) is 11.6 Å². The van der Waals surface area contributed by atoms with Crippen LogP contribution in [0.2, 0.25) is 5.02 Å². The van der Waals surface area contributed by atoms with Crippen molar-refractivity contribution in [2.45, 2.75) is 13.5 Å². The Morgan fingerprint density at radius 1 is 1.38 bits per heavy atom. The zero-order chi connectivity index (χ0) is 17.4. The minimum atomic E-state index is -0.582. The molecule has 0 N–H and O–H groups in total. The van der Waals surface area contributed by atoms with Gasteiger partial charge in [0.1, 0.15) is 6.20 Å². The number of nitrogens with zero attached hydrogens (tertiary/aromatic N) is 5. The van der Waals surface area contributed by atoms with Crippen molar-refractivity contribution >= 4 is 34.6 Å². The largest absolute Gasteiger partial charge is 0.371 e. The van der Waals surface area contributed by atoms with Crippen LogP contribution in [-0.4, -0.2) is 40.7 Å². The maximum Gasteiger partial charge on any atom is 0.320 e. The minimum Gasteiger partial charge on any atom is -0.371 e. The second kappa shape index (κ2) is 6.12. The van der Waals surface area contributed by atoms with Gasteiger partial charge in [0.25, 0.3) is 5.91 Å². The number of aromatic nitrogens is 2. The highest BCUT2D eigenvalue weighted by atomic mass is 35.5. The molecule has 1 aromatic heterocycles. The normalized spacial score (nSPS) is 13.8. The van der Waals surface area contributed by atoms with Crippen molar-refractivity contribution in [2.75, 3.05) is 29.9 Å². The average Bonchev–Trinajstić information content (AvgIpc) is 2.99. The molecule has 3 rings (SSSR count). The number of fused-ring (bicyclic) bond motifs is 1. The fraction of sp³-hybridized carbons (Fsp3) is 0.333. The maximum absolute atomic E-state index is 12.9. The molecule has 9 heteroatoms. The summed E-state index contributed by atoms with van der Waals surface area (Å²) >= 11 is 6.06. The average molecular weight is 350 g/mol. The van der Waals surface area contributed by atoms with Gasteiger partial charge in [0.2, 0.25) is 5.69 Å². The van der Waals surface area contributed by atoms with Crippen LogP contribution < -0.4 is 9.80 Å². The third-order valence-electron chi connectivity index (χ3n) is 4.01. The Balaban J connectivity index is 2.06. The van der Waals surface area contributed by atoms with Crippen LogP contribution in [0.3, 0.4) is 0 Å². The molecule has 1 aliphatic rings. The van der Waals surface area contributed by atoms with E-state index < -0.39 is 10.8 Å². The number of nitro groups is 1. The van der Waals surface area contributed by atoms with Gasteiger partial charge in [-0.25, -0.2) is 0 Å². The van der Waals surface area contributed by atoms with Gasteiger partial charge in [-0.15, -0.1) is 0 Å². The van der Waals surface area contributed by atoms with Crippen LogP contribution in [0.1, 0.15) is 17.4 Å². The number of anilines is 2. The fourth-order valence-corrected chi connectivity index (χ4v) is 2.89. The van der Waals surface area contributed by atoms with Crippen LogP contribution in [0.15, 0.2) is 24.4 Å². The molecular formula is C15H16ClN5O3. The first-order valence-electron chi connectivity index (χ1n) is 7.46. The van der Waals surface area contributed by atoms with Gasteiger partial charge in [0.15, 0.2) is 0 Å². The molecule has 0 saturated heterocycles. The van der Waals surface area contributed by atoms with Crippen molar-refractivity contribution in [1.82, 2.24) is 9.78 Å². The molecule has 0 unspecified atom stereocenters. The lowest BCUT2D eigenvalue weighted by molar-refractivity contribution is -0.385. The number of likely N-dealkylation sites (N-methyl/N-ethyl adjacent to an activating group) is 1. The summed E-state index contributed by atoms with van der Waals surface area (Å²) in [6.07, 6.45) is 1.28. The molecule has 0 atom stereocenters. The van der Waals surface area contributed by atoms with Gasteiger partial charge in [-0.3, -0.25) is 19.6 Å². The molecule has 1 aromatic carbocycles. The number of carbonyl (C=O) groups is 1. The number of halogens is 1. The predicted molar refractivity (Wildman–Crippen MR) is 91.0 cm³/mol. The maximum atomic E-state index is 12.9. The summed E-state index contributed by atoms with van der Waals surface area (Å²) in [5.74, 6) is -0.495. The highest BCUT2D eigenvalue weighted by Gasteiger charge is 2.33. The van der Waals surface area contributed by atoms with Crippen molar-refractivity contribution < 1.29 is 9.72 Å². The Hall–Kier alpha value is -2.61. The zero-order valence-corrected chi connectivity index (χ0v) is 14.0. The molecule has 0 radical (unpaired) electrons. The van der Waals surface area contributed by atoms with Gasteiger partial charge in [-0.2, -0.15) is 5.10 Å². The second-order valence-electron chi connectivity index (χ2n) is 5.49. The molecule has 0 saturated carbocycles. The van der Waals surface area contributed by atoms with E-state index in [4.69, 9.17) is 11.6 Å². The molecule has 0 spiro atoms. The first-order valence-corrected chi connectivity index (χ1v) is 7.84. The van der Waals surface area contributed by atoms with Crippen LogP contribution in [-0.2, 0) is 6.54 Å². The summed E-state index contributed by atoms with van der Waals surface area (Å²) in [6, 6.07) is 5.27. The lowest BCUT2D eigenvalue weighted by Gasteiger charge is -2.35. The second-order valence-corrected chi connectivity index (χ2v) is 5.92. The third kappa shape index (κ3) is 2.69. The highest BCUT2D eigenvalue weighted by Crippen LogP contribution is 2.36. The Kier molecular flexibility index (Phi) is 4.15. The molecule has 2 aromatic rings.